The molecule has 8 heteroatoms. The summed E-state index contributed by atoms with van der Waals surface area (Å²) in [6.45, 7) is 3.85. The summed E-state index contributed by atoms with van der Waals surface area (Å²) in [4.78, 5) is 6.30. The fourth-order valence-corrected chi connectivity index (χ4v) is 2.55. The third kappa shape index (κ3) is 3.70. The molecular weight excluding hydrogens is 311 g/mol. The van der Waals surface area contributed by atoms with E-state index in [-0.39, 0.29) is 6.04 Å². The van der Waals surface area contributed by atoms with Crippen molar-refractivity contribution in [3.8, 4) is 0 Å². The van der Waals surface area contributed by atoms with Crippen LogP contribution >= 0.6 is 0 Å². The zero-order chi connectivity index (χ0) is 16.4. The lowest BCUT2D eigenvalue weighted by Crippen LogP contribution is -2.39. The average Bonchev–Trinajstić information content (AvgIpc) is 2.94. The van der Waals surface area contributed by atoms with E-state index in [0.29, 0.717) is 38.0 Å². The minimum absolute atomic E-state index is 0.163. The highest BCUT2D eigenvalue weighted by atomic mass is 19.4. The highest BCUT2D eigenvalue weighted by Gasteiger charge is 2.31. The number of rotatable bonds is 3. The van der Waals surface area contributed by atoms with Crippen molar-refractivity contribution in [2.45, 2.75) is 25.7 Å². The predicted molar refractivity (Wildman–Crippen MR) is 74.4 cm³/mol. The van der Waals surface area contributed by atoms with E-state index in [2.05, 4.69) is 15.0 Å². The van der Waals surface area contributed by atoms with Crippen LogP contribution < -0.4 is 0 Å². The molecule has 1 atom stereocenters. The molecule has 0 radical (unpaired) electrons. The Labute approximate surface area is 131 Å². The molecule has 0 unspecified atom stereocenters. The maximum atomic E-state index is 12.6. The van der Waals surface area contributed by atoms with Gasteiger partial charge in [-0.2, -0.15) is 18.2 Å². The Morgan fingerprint density at radius 1 is 1.26 bits per heavy atom. The van der Waals surface area contributed by atoms with E-state index in [1.165, 1.54) is 12.1 Å². The first-order chi connectivity index (χ1) is 10.9. The number of hydrogen-bond donors (Lipinski definition) is 0. The van der Waals surface area contributed by atoms with Crippen LogP contribution in [0.3, 0.4) is 0 Å². The Kier molecular flexibility index (Phi) is 4.36. The number of hydrogen-bond acceptors (Lipinski definition) is 5. The van der Waals surface area contributed by atoms with Gasteiger partial charge in [0, 0.05) is 20.0 Å². The van der Waals surface area contributed by atoms with Crippen molar-refractivity contribution < 1.29 is 22.4 Å². The van der Waals surface area contributed by atoms with Gasteiger partial charge in [0.2, 0.25) is 5.89 Å². The van der Waals surface area contributed by atoms with Gasteiger partial charge in [-0.15, -0.1) is 0 Å². The van der Waals surface area contributed by atoms with Crippen molar-refractivity contribution >= 4 is 0 Å². The fraction of sp³-hybridized carbons (Fsp3) is 0.467. The summed E-state index contributed by atoms with van der Waals surface area (Å²) >= 11 is 0. The van der Waals surface area contributed by atoms with Gasteiger partial charge in [0.25, 0.3) is 0 Å². The zero-order valence-electron chi connectivity index (χ0n) is 12.5. The van der Waals surface area contributed by atoms with Crippen molar-refractivity contribution in [3.63, 3.8) is 0 Å². The third-order valence-corrected chi connectivity index (χ3v) is 3.75. The first-order valence-corrected chi connectivity index (χ1v) is 7.21. The number of morpholine rings is 1. The molecule has 0 saturated carbocycles. The number of benzene rings is 1. The SMILES string of the molecule is Cc1nc([C@@H]2COCCN2Cc2ccc(C(F)(F)F)cc2)no1. The molecule has 3 rings (SSSR count). The predicted octanol–water partition coefficient (Wildman–Crippen LogP) is 2.97. The van der Waals surface area contributed by atoms with Gasteiger partial charge in [-0.3, -0.25) is 4.90 Å². The summed E-state index contributed by atoms with van der Waals surface area (Å²) in [7, 11) is 0. The largest absolute Gasteiger partial charge is 0.416 e. The molecule has 1 aromatic carbocycles. The summed E-state index contributed by atoms with van der Waals surface area (Å²) in [5, 5.41) is 3.92. The molecular formula is C15H16F3N3O2. The van der Waals surface area contributed by atoms with Crippen molar-refractivity contribution in [1.29, 1.82) is 0 Å². The van der Waals surface area contributed by atoms with E-state index in [4.69, 9.17) is 9.26 Å². The van der Waals surface area contributed by atoms with Crippen molar-refractivity contribution in [3.05, 3.63) is 47.1 Å². The first kappa shape index (κ1) is 15.9. The normalized spacial score (nSPS) is 19.9. The van der Waals surface area contributed by atoms with Crippen molar-refractivity contribution in [2.24, 2.45) is 0 Å². The van der Waals surface area contributed by atoms with Crippen LogP contribution in [0.4, 0.5) is 13.2 Å². The molecule has 0 bridgehead atoms. The van der Waals surface area contributed by atoms with Crippen LogP contribution in [-0.2, 0) is 17.5 Å². The van der Waals surface area contributed by atoms with Gasteiger partial charge in [-0.05, 0) is 17.7 Å². The van der Waals surface area contributed by atoms with Crippen LogP contribution in [0.1, 0.15) is 28.9 Å². The summed E-state index contributed by atoms with van der Waals surface area (Å²) < 4.78 is 48.3. The van der Waals surface area contributed by atoms with Crippen molar-refractivity contribution in [1.82, 2.24) is 15.0 Å². The van der Waals surface area contributed by atoms with E-state index in [1.807, 2.05) is 0 Å². The molecule has 0 aliphatic carbocycles. The molecule has 0 amide bonds. The van der Waals surface area contributed by atoms with Gasteiger partial charge in [0.1, 0.15) is 0 Å². The molecule has 1 aromatic heterocycles. The highest BCUT2D eigenvalue weighted by Crippen LogP contribution is 2.30. The Balaban J connectivity index is 1.74. The summed E-state index contributed by atoms with van der Waals surface area (Å²) in [6.07, 6.45) is -4.32. The fourth-order valence-electron chi connectivity index (χ4n) is 2.55. The number of aromatic nitrogens is 2. The minimum Gasteiger partial charge on any atom is -0.378 e. The lowest BCUT2D eigenvalue weighted by molar-refractivity contribution is -0.137. The number of aryl methyl sites for hydroxylation is 1. The third-order valence-electron chi connectivity index (χ3n) is 3.75. The van der Waals surface area contributed by atoms with Crippen LogP contribution in [0.15, 0.2) is 28.8 Å². The van der Waals surface area contributed by atoms with E-state index < -0.39 is 11.7 Å². The van der Waals surface area contributed by atoms with Crippen molar-refractivity contribution in [2.75, 3.05) is 19.8 Å². The minimum atomic E-state index is -4.32. The molecule has 0 spiro atoms. The second-order valence-electron chi connectivity index (χ2n) is 5.43. The lowest BCUT2D eigenvalue weighted by atomic mass is 10.1. The molecule has 1 saturated heterocycles. The molecule has 2 heterocycles. The molecule has 124 valence electrons. The van der Waals surface area contributed by atoms with Gasteiger partial charge in [-0.1, -0.05) is 17.3 Å². The second-order valence-corrected chi connectivity index (χ2v) is 5.43. The molecule has 1 aliphatic heterocycles. The number of nitrogens with zero attached hydrogens (tertiary/aromatic N) is 3. The highest BCUT2D eigenvalue weighted by molar-refractivity contribution is 5.24. The first-order valence-electron chi connectivity index (χ1n) is 7.21. The van der Waals surface area contributed by atoms with Crippen LogP contribution in [-0.4, -0.2) is 34.8 Å². The van der Waals surface area contributed by atoms with Crippen LogP contribution in [0, 0.1) is 6.92 Å². The number of ether oxygens (including phenoxy) is 1. The average molecular weight is 327 g/mol. The molecule has 23 heavy (non-hydrogen) atoms. The quantitative estimate of drug-likeness (QED) is 0.867. The number of halogens is 3. The smallest absolute Gasteiger partial charge is 0.378 e. The zero-order valence-corrected chi connectivity index (χ0v) is 12.5. The molecule has 5 nitrogen and oxygen atoms in total. The number of alkyl halides is 3. The summed E-state index contributed by atoms with van der Waals surface area (Å²) in [5.74, 6) is 1.01. The van der Waals surface area contributed by atoms with E-state index in [9.17, 15) is 13.2 Å². The Bertz CT molecular complexity index is 655. The molecule has 1 aliphatic rings. The van der Waals surface area contributed by atoms with E-state index >= 15 is 0 Å². The maximum Gasteiger partial charge on any atom is 0.416 e. The topological polar surface area (TPSA) is 51.4 Å². The monoisotopic (exact) mass is 327 g/mol. The molecule has 2 aromatic rings. The Morgan fingerprint density at radius 3 is 2.61 bits per heavy atom. The van der Waals surface area contributed by atoms with Gasteiger partial charge < -0.3 is 9.26 Å². The molecule has 0 N–H and O–H groups in total. The maximum absolute atomic E-state index is 12.6. The van der Waals surface area contributed by atoms with Crippen LogP contribution in [0.5, 0.6) is 0 Å². The lowest BCUT2D eigenvalue weighted by Gasteiger charge is -2.33. The van der Waals surface area contributed by atoms with Gasteiger partial charge in [0.05, 0.1) is 24.8 Å². The van der Waals surface area contributed by atoms with Gasteiger partial charge in [0.15, 0.2) is 5.82 Å². The standard InChI is InChI=1S/C15H16F3N3O2/c1-10-19-14(20-23-10)13-9-22-7-6-21(13)8-11-2-4-12(5-3-11)15(16,17)18/h2-5,13H,6-9H2,1H3/t13-/m0/s1. The van der Waals surface area contributed by atoms with Gasteiger partial charge >= 0.3 is 6.18 Å². The Morgan fingerprint density at radius 2 is 2.00 bits per heavy atom. The van der Waals surface area contributed by atoms with Crippen LogP contribution in [0.25, 0.3) is 0 Å². The van der Waals surface area contributed by atoms with Gasteiger partial charge in [-0.25, -0.2) is 0 Å². The molecule has 1 fully saturated rings. The van der Waals surface area contributed by atoms with E-state index in [0.717, 1.165) is 17.7 Å². The Hall–Kier alpha value is -1.93. The summed E-state index contributed by atoms with van der Waals surface area (Å²) in [5.41, 5.74) is 0.152. The van der Waals surface area contributed by atoms with Crippen LogP contribution in [0.2, 0.25) is 0 Å². The summed E-state index contributed by atoms with van der Waals surface area (Å²) in [6, 6.07) is 5.03. The van der Waals surface area contributed by atoms with E-state index in [1.54, 1.807) is 6.92 Å². The second kappa shape index (κ2) is 6.29.